The number of nitrogens with two attached hydrogens (primary N) is 1. The molecule has 1 aliphatic rings. The van der Waals surface area contributed by atoms with E-state index in [2.05, 4.69) is 10.3 Å². The molecule has 76 valence electrons. The highest BCUT2D eigenvalue weighted by Crippen LogP contribution is 2.26. The van der Waals surface area contributed by atoms with Crippen LogP contribution in [0, 0.1) is 0 Å². The first-order valence-electron chi connectivity index (χ1n) is 4.36. The summed E-state index contributed by atoms with van der Waals surface area (Å²) in [4.78, 5) is 16.4. The SMILES string of the molecule is NCC(=O)Nc1nc2c(s1)COCC2. The lowest BCUT2D eigenvalue weighted by Gasteiger charge is -2.08. The van der Waals surface area contributed by atoms with Gasteiger partial charge in [-0.25, -0.2) is 4.98 Å². The van der Waals surface area contributed by atoms with E-state index in [0.717, 1.165) is 17.0 Å². The van der Waals surface area contributed by atoms with Crippen molar-refractivity contribution in [3.8, 4) is 0 Å². The fourth-order valence-electron chi connectivity index (χ4n) is 1.25. The van der Waals surface area contributed by atoms with Crippen LogP contribution in [-0.2, 0) is 22.6 Å². The number of carbonyl (C=O) groups excluding carboxylic acids is 1. The van der Waals surface area contributed by atoms with E-state index in [0.29, 0.717) is 18.3 Å². The first-order valence-corrected chi connectivity index (χ1v) is 5.17. The zero-order valence-corrected chi connectivity index (χ0v) is 8.39. The summed E-state index contributed by atoms with van der Waals surface area (Å²) < 4.78 is 5.27. The van der Waals surface area contributed by atoms with Gasteiger partial charge in [-0.15, -0.1) is 0 Å². The summed E-state index contributed by atoms with van der Waals surface area (Å²) in [6.07, 6.45) is 0.824. The lowest BCUT2D eigenvalue weighted by molar-refractivity contribution is -0.114. The van der Waals surface area contributed by atoms with Gasteiger partial charge in [0, 0.05) is 6.42 Å². The molecule has 1 aromatic heterocycles. The third kappa shape index (κ3) is 1.92. The van der Waals surface area contributed by atoms with Gasteiger partial charge in [-0.2, -0.15) is 0 Å². The molecule has 1 aromatic rings. The van der Waals surface area contributed by atoms with Crippen LogP contribution < -0.4 is 11.1 Å². The van der Waals surface area contributed by atoms with Gasteiger partial charge in [-0.05, 0) is 0 Å². The van der Waals surface area contributed by atoms with E-state index < -0.39 is 0 Å². The second kappa shape index (κ2) is 4.04. The molecule has 0 saturated heterocycles. The van der Waals surface area contributed by atoms with Gasteiger partial charge in [0.1, 0.15) is 0 Å². The van der Waals surface area contributed by atoms with Gasteiger partial charge in [0.05, 0.1) is 30.3 Å². The Morgan fingerprint density at radius 2 is 2.57 bits per heavy atom. The Labute approximate surface area is 85.3 Å². The third-order valence-corrected chi connectivity index (χ3v) is 2.91. The van der Waals surface area contributed by atoms with Crippen LogP contribution in [-0.4, -0.2) is 24.0 Å². The molecule has 6 heteroatoms. The molecule has 0 bridgehead atoms. The van der Waals surface area contributed by atoms with Gasteiger partial charge in [0.25, 0.3) is 0 Å². The van der Waals surface area contributed by atoms with E-state index in [1.807, 2.05) is 0 Å². The molecule has 0 aliphatic carbocycles. The predicted octanol–water partition coefficient (Wildman–Crippen LogP) is 0.113. The molecule has 0 atom stereocenters. The van der Waals surface area contributed by atoms with E-state index >= 15 is 0 Å². The number of thiazole rings is 1. The van der Waals surface area contributed by atoms with Crippen molar-refractivity contribution in [2.24, 2.45) is 5.73 Å². The maximum atomic E-state index is 11.0. The highest BCUT2D eigenvalue weighted by molar-refractivity contribution is 7.15. The number of ether oxygens (including phenoxy) is 1. The maximum Gasteiger partial charge on any atom is 0.239 e. The molecule has 3 N–H and O–H groups in total. The third-order valence-electron chi connectivity index (χ3n) is 1.93. The number of hydrogen-bond donors (Lipinski definition) is 2. The first-order chi connectivity index (χ1) is 6.79. The number of aromatic nitrogens is 1. The summed E-state index contributed by atoms with van der Waals surface area (Å²) in [7, 11) is 0. The Balaban J connectivity index is 2.12. The van der Waals surface area contributed by atoms with Crippen molar-refractivity contribution in [3.05, 3.63) is 10.6 Å². The number of amides is 1. The molecular formula is C8H11N3O2S. The Morgan fingerprint density at radius 3 is 3.29 bits per heavy atom. The van der Waals surface area contributed by atoms with Crippen LogP contribution >= 0.6 is 11.3 Å². The van der Waals surface area contributed by atoms with Crippen molar-refractivity contribution in [2.75, 3.05) is 18.5 Å². The maximum absolute atomic E-state index is 11.0. The molecule has 0 spiro atoms. The van der Waals surface area contributed by atoms with Crippen molar-refractivity contribution in [1.29, 1.82) is 0 Å². The topological polar surface area (TPSA) is 77.2 Å². The lowest BCUT2D eigenvalue weighted by Crippen LogP contribution is -2.21. The summed E-state index contributed by atoms with van der Waals surface area (Å²) >= 11 is 1.46. The molecule has 1 amide bonds. The second-order valence-electron chi connectivity index (χ2n) is 2.94. The number of nitrogens with zero attached hydrogens (tertiary/aromatic N) is 1. The predicted molar refractivity (Wildman–Crippen MR) is 53.2 cm³/mol. The van der Waals surface area contributed by atoms with Crippen molar-refractivity contribution in [1.82, 2.24) is 4.98 Å². The van der Waals surface area contributed by atoms with Gasteiger partial charge in [-0.1, -0.05) is 11.3 Å². The molecule has 0 radical (unpaired) electrons. The Morgan fingerprint density at radius 1 is 1.71 bits per heavy atom. The molecule has 5 nitrogen and oxygen atoms in total. The van der Waals surface area contributed by atoms with Crippen LogP contribution in [0.25, 0.3) is 0 Å². The second-order valence-corrected chi connectivity index (χ2v) is 4.03. The number of hydrogen-bond acceptors (Lipinski definition) is 5. The summed E-state index contributed by atoms with van der Waals surface area (Å²) in [6, 6.07) is 0. The first kappa shape index (κ1) is 9.57. The molecule has 0 unspecified atom stereocenters. The van der Waals surface area contributed by atoms with Gasteiger partial charge in [-0.3, -0.25) is 4.79 Å². The van der Waals surface area contributed by atoms with E-state index in [1.165, 1.54) is 11.3 Å². The summed E-state index contributed by atoms with van der Waals surface area (Å²) in [5.41, 5.74) is 6.22. The molecule has 2 rings (SSSR count). The Bertz CT molecular complexity index is 327. The van der Waals surface area contributed by atoms with Gasteiger partial charge in [0.2, 0.25) is 5.91 Å². The Hall–Kier alpha value is -0.980. The largest absolute Gasteiger partial charge is 0.375 e. The number of rotatable bonds is 2. The Kier molecular flexibility index (Phi) is 2.76. The molecule has 0 aromatic carbocycles. The van der Waals surface area contributed by atoms with Crippen molar-refractivity contribution < 1.29 is 9.53 Å². The number of anilines is 1. The van der Waals surface area contributed by atoms with Crippen LogP contribution in [0.2, 0.25) is 0 Å². The minimum atomic E-state index is -0.211. The zero-order chi connectivity index (χ0) is 9.97. The van der Waals surface area contributed by atoms with Crippen molar-refractivity contribution in [2.45, 2.75) is 13.0 Å². The van der Waals surface area contributed by atoms with Gasteiger partial charge < -0.3 is 15.8 Å². The highest BCUT2D eigenvalue weighted by Gasteiger charge is 2.16. The lowest BCUT2D eigenvalue weighted by atomic mass is 10.2. The molecule has 2 heterocycles. The van der Waals surface area contributed by atoms with E-state index in [4.69, 9.17) is 10.5 Å². The van der Waals surface area contributed by atoms with Crippen LogP contribution in [0.3, 0.4) is 0 Å². The monoisotopic (exact) mass is 213 g/mol. The molecule has 1 aliphatic heterocycles. The van der Waals surface area contributed by atoms with Gasteiger partial charge >= 0.3 is 0 Å². The zero-order valence-electron chi connectivity index (χ0n) is 7.58. The van der Waals surface area contributed by atoms with Crippen LogP contribution in [0.1, 0.15) is 10.6 Å². The van der Waals surface area contributed by atoms with Crippen LogP contribution in [0.4, 0.5) is 5.13 Å². The average Bonchev–Trinajstić information content (AvgIpc) is 2.59. The standard InChI is InChI=1S/C8H11N3O2S/c9-3-7(12)11-8-10-5-1-2-13-4-6(5)14-8/h1-4,9H2,(H,10,11,12). The quantitative estimate of drug-likeness (QED) is 0.731. The smallest absolute Gasteiger partial charge is 0.239 e. The van der Waals surface area contributed by atoms with Crippen molar-refractivity contribution in [3.63, 3.8) is 0 Å². The summed E-state index contributed by atoms with van der Waals surface area (Å²) in [5.74, 6) is -0.211. The van der Waals surface area contributed by atoms with E-state index in [-0.39, 0.29) is 12.5 Å². The fraction of sp³-hybridized carbons (Fsp3) is 0.500. The molecular weight excluding hydrogens is 202 g/mol. The number of fused-ring (bicyclic) bond motifs is 1. The van der Waals surface area contributed by atoms with E-state index in [9.17, 15) is 4.79 Å². The fourth-order valence-corrected chi connectivity index (χ4v) is 2.21. The minimum Gasteiger partial charge on any atom is -0.375 e. The molecule has 0 saturated carbocycles. The van der Waals surface area contributed by atoms with E-state index in [1.54, 1.807) is 0 Å². The highest BCUT2D eigenvalue weighted by atomic mass is 32.1. The van der Waals surface area contributed by atoms with Gasteiger partial charge in [0.15, 0.2) is 5.13 Å². The van der Waals surface area contributed by atoms with Crippen LogP contribution in [0.15, 0.2) is 0 Å². The van der Waals surface area contributed by atoms with Crippen LogP contribution in [0.5, 0.6) is 0 Å². The summed E-state index contributed by atoms with van der Waals surface area (Å²) in [6.45, 7) is 1.30. The van der Waals surface area contributed by atoms with Crippen molar-refractivity contribution >= 4 is 22.4 Å². The normalized spacial score (nSPS) is 14.9. The summed E-state index contributed by atoms with van der Waals surface area (Å²) in [5, 5.41) is 3.26. The minimum absolute atomic E-state index is 0.0131. The number of nitrogens with one attached hydrogen (secondary N) is 1. The number of carbonyl (C=O) groups is 1. The molecule has 0 fully saturated rings. The molecule has 14 heavy (non-hydrogen) atoms. The average molecular weight is 213 g/mol.